The van der Waals surface area contributed by atoms with E-state index in [1.165, 1.54) is 6.33 Å². The number of halogens is 1. The van der Waals surface area contributed by atoms with Gasteiger partial charge in [-0.05, 0) is 57.0 Å². The molecule has 0 radical (unpaired) electrons. The molecule has 1 aromatic carbocycles. The average Bonchev–Trinajstić information content (AvgIpc) is 3.22. The first-order valence-electron chi connectivity index (χ1n) is 11.5. The second-order valence-electron chi connectivity index (χ2n) is 8.63. The number of rotatable bonds is 5. The third kappa shape index (κ3) is 5.14. The summed E-state index contributed by atoms with van der Waals surface area (Å²) in [6.45, 7) is 5.35. The van der Waals surface area contributed by atoms with Gasteiger partial charge in [0.1, 0.15) is 12.1 Å². The first-order valence-corrected chi connectivity index (χ1v) is 11.9. The highest BCUT2D eigenvalue weighted by atomic mass is 35.5. The van der Waals surface area contributed by atoms with Crippen molar-refractivity contribution in [3.63, 3.8) is 0 Å². The maximum absolute atomic E-state index is 12.9. The Hall–Kier alpha value is -3.85. The molecule has 10 heteroatoms. The lowest BCUT2D eigenvalue weighted by Crippen LogP contribution is -2.38. The summed E-state index contributed by atoms with van der Waals surface area (Å²) in [6, 6.07) is 15.2. The maximum Gasteiger partial charge on any atom is 0.228 e. The summed E-state index contributed by atoms with van der Waals surface area (Å²) in [5.74, 6) is 1.77. The number of hydrogen-bond acceptors (Lipinski definition) is 7. The average molecular weight is 489 g/mol. The second kappa shape index (κ2) is 9.79. The first-order chi connectivity index (χ1) is 17.0. The van der Waals surface area contributed by atoms with Crippen molar-refractivity contribution in [1.82, 2.24) is 29.9 Å². The molecule has 5 rings (SSSR count). The van der Waals surface area contributed by atoms with Crippen LogP contribution in [-0.4, -0.2) is 48.9 Å². The third-order valence-electron chi connectivity index (χ3n) is 6.11. The van der Waals surface area contributed by atoms with Gasteiger partial charge in [-0.1, -0.05) is 23.7 Å². The highest BCUT2D eigenvalue weighted by Crippen LogP contribution is 2.25. The second-order valence-corrected chi connectivity index (χ2v) is 9.07. The van der Waals surface area contributed by atoms with E-state index >= 15 is 0 Å². The molecule has 1 fully saturated rings. The number of aromatic nitrogens is 6. The van der Waals surface area contributed by atoms with E-state index in [1.807, 2.05) is 56.3 Å². The van der Waals surface area contributed by atoms with E-state index in [4.69, 9.17) is 11.6 Å². The van der Waals surface area contributed by atoms with E-state index in [9.17, 15) is 4.79 Å². The fourth-order valence-electron chi connectivity index (χ4n) is 4.26. The summed E-state index contributed by atoms with van der Waals surface area (Å²) < 4.78 is 1.74. The van der Waals surface area contributed by atoms with E-state index in [-0.39, 0.29) is 11.8 Å². The zero-order valence-corrected chi connectivity index (χ0v) is 20.3. The molecule has 3 aromatic heterocycles. The number of nitrogens with zero attached hydrogens (tertiary/aromatic N) is 7. The van der Waals surface area contributed by atoms with Crippen molar-refractivity contribution in [2.75, 3.05) is 23.3 Å². The minimum atomic E-state index is -0.0975. The van der Waals surface area contributed by atoms with Gasteiger partial charge in [0, 0.05) is 41.4 Å². The summed E-state index contributed by atoms with van der Waals surface area (Å²) in [4.78, 5) is 23.6. The van der Waals surface area contributed by atoms with Crippen molar-refractivity contribution in [3.8, 4) is 17.1 Å². The quantitative estimate of drug-likeness (QED) is 0.448. The lowest BCUT2D eigenvalue weighted by molar-refractivity contribution is -0.120. The number of benzene rings is 1. The van der Waals surface area contributed by atoms with Gasteiger partial charge < -0.3 is 10.2 Å². The molecule has 35 heavy (non-hydrogen) atoms. The van der Waals surface area contributed by atoms with E-state index in [2.05, 4.69) is 35.5 Å². The summed E-state index contributed by atoms with van der Waals surface area (Å²) >= 11 is 5.96. The Morgan fingerprint density at radius 1 is 0.971 bits per heavy atom. The van der Waals surface area contributed by atoms with Crippen LogP contribution in [0, 0.1) is 19.8 Å². The highest BCUT2D eigenvalue weighted by Gasteiger charge is 2.26. The van der Waals surface area contributed by atoms with Gasteiger partial charge in [-0.25, -0.2) is 14.6 Å². The molecule has 0 bridgehead atoms. The summed E-state index contributed by atoms with van der Waals surface area (Å²) in [5, 5.41) is 16.9. The number of amides is 1. The van der Waals surface area contributed by atoms with Crippen LogP contribution in [-0.2, 0) is 4.79 Å². The summed E-state index contributed by atoms with van der Waals surface area (Å²) in [7, 11) is 0. The first kappa shape index (κ1) is 22.9. The van der Waals surface area contributed by atoms with E-state index in [0.717, 1.165) is 54.4 Å². The van der Waals surface area contributed by atoms with Crippen molar-refractivity contribution in [3.05, 3.63) is 71.3 Å². The van der Waals surface area contributed by atoms with Gasteiger partial charge in [0.05, 0.1) is 11.4 Å². The molecule has 0 unspecified atom stereocenters. The topological polar surface area (TPSA) is 102 Å². The Balaban J connectivity index is 1.18. The molecule has 0 spiro atoms. The molecule has 0 aliphatic carbocycles. The minimum Gasteiger partial charge on any atom is -0.355 e. The molecule has 0 atom stereocenters. The van der Waals surface area contributed by atoms with Gasteiger partial charge in [0.15, 0.2) is 11.6 Å². The molecule has 9 nitrogen and oxygen atoms in total. The lowest BCUT2D eigenvalue weighted by atomic mass is 9.96. The van der Waals surface area contributed by atoms with Gasteiger partial charge in [0.2, 0.25) is 5.91 Å². The Bertz CT molecular complexity index is 1330. The SMILES string of the molecule is Cc1cc(C)n(-c2cc(NC(=O)C3CCN(c4ccc(-c5ccc(Cl)cc5)nn4)CC3)ncn2)n1. The molecule has 1 saturated heterocycles. The van der Waals surface area contributed by atoms with Crippen LogP contribution in [0.25, 0.3) is 17.1 Å². The zero-order valence-electron chi connectivity index (χ0n) is 19.5. The molecule has 4 heterocycles. The van der Waals surface area contributed by atoms with Crippen molar-refractivity contribution >= 4 is 29.1 Å². The molecule has 1 aliphatic rings. The summed E-state index contributed by atoms with van der Waals surface area (Å²) in [6.07, 6.45) is 2.89. The highest BCUT2D eigenvalue weighted by molar-refractivity contribution is 6.30. The largest absolute Gasteiger partial charge is 0.355 e. The Labute approximate surface area is 208 Å². The minimum absolute atomic E-state index is 0.0353. The molecule has 0 saturated carbocycles. The predicted molar refractivity (Wildman–Crippen MR) is 135 cm³/mol. The van der Waals surface area contributed by atoms with Crippen molar-refractivity contribution < 1.29 is 4.79 Å². The van der Waals surface area contributed by atoms with Crippen LogP contribution in [0.5, 0.6) is 0 Å². The van der Waals surface area contributed by atoms with Gasteiger partial charge in [-0.15, -0.1) is 10.2 Å². The molecule has 1 amide bonds. The van der Waals surface area contributed by atoms with Crippen LogP contribution in [0.3, 0.4) is 0 Å². The Kier molecular flexibility index (Phi) is 6.41. The van der Waals surface area contributed by atoms with Crippen LogP contribution in [0.2, 0.25) is 5.02 Å². The third-order valence-corrected chi connectivity index (χ3v) is 6.36. The molecular formula is C25H25ClN8O. The number of hydrogen-bond donors (Lipinski definition) is 1. The van der Waals surface area contributed by atoms with Crippen LogP contribution >= 0.6 is 11.6 Å². The normalized spacial score (nSPS) is 14.2. The molecule has 178 valence electrons. The number of carbonyl (C=O) groups is 1. The number of nitrogens with one attached hydrogen (secondary N) is 1. The molecule has 4 aromatic rings. The van der Waals surface area contributed by atoms with Crippen molar-refractivity contribution in [2.45, 2.75) is 26.7 Å². The fourth-order valence-corrected chi connectivity index (χ4v) is 4.39. The van der Waals surface area contributed by atoms with E-state index < -0.39 is 0 Å². The van der Waals surface area contributed by atoms with Gasteiger partial charge in [-0.3, -0.25) is 4.79 Å². The van der Waals surface area contributed by atoms with Gasteiger partial charge in [0.25, 0.3) is 0 Å². The van der Waals surface area contributed by atoms with Gasteiger partial charge in [-0.2, -0.15) is 5.10 Å². The van der Waals surface area contributed by atoms with Crippen molar-refractivity contribution in [2.24, 2.45) is 5.92 Å². The van der Waals surface area contributed by atoms with Gasteiger partial charge >= 0.3 is 0 Å². The Morgan fingerprint density at radius 3 is 2.40 bits per heavy atom. The Morgan fingerprint density at radius 2 is 1.74 bits per heavy atom. The predicted octanol–water partition coefficient (Wildman–Crippen LogP) is 4.24. The van der Waals surface area contributed by atoms with Crippen LogP contribution < -0.4 is 10.2 Å². The maximum atomic E-state index is 12.9. The van der Waals surface area contributed by atoms with Crippen molar-refractivity contribution in [1.29, 1.82) is 0 Å². The summed E-state index contributed by atoms with van der Waals surface area (Å²) in [5.41, 5.74) is 3.64. The standard InChI is InChI=1S/C25H25ClN8O/c1-16-13-17(2)34(32-16)24-14-22(27-15-28-24)29-25(35)19-9-11-33(12-10-19)23-8-7-21(30-31-23)18-3-5-20(26)6-4-18/h3-8,13-15,19H,9-12H2,1-2H3,(H,27,28,29,35). The molecule has 1 N–H and O–H groups in total. The molecular weight excluding hydrogens is 464 g/mol. The number of anilines is 2. The van der Waals surface area contributed by atoms with Crippen LogP contribution in [0.1, 0.15) is 24.2 Å². The van der Waals surface area contributed by atoms with Crippen LogP contribution in [0.15, 0.2) is 54.9 Å². The lowest BCUT2D eigenvalue weighted by Gasteiger charge is -2.31. The number of carbonyl (C=O) groups excluding carboxylic acids is 1. The van der Waals surface area contributed by atoms with Crippen LogP contribution in [0.4, 0.5) is 11.6 Å². The number of piperidine rings is 1. The number of aryl methyl sites for hydroxylation is 2. The molecule has 1 aliphatic heterocycles. The van der Waals surface area contributed by atoms with E-state index in [0.29, 0.717) is 16.7 Å². The van der Waals surface area contributed by atoms with E-state index in [1.54, 1.807) is 10.7 Å². The fraction of sp³-hybridized carbons (Fsp3) is 0.280. The zero-order chi connectivity index (χ0) is 24.4. The smallest absolute Gasteiger partial charge is 0.228 e. The monoisotopic (exact) mass is 488 g/mol.